The monoisotopic (exact) mass is 280 g/mol. The summed E-state index contributed by atoms with van der Waals surface area (Å²) >= 11 is 1.57. The van der Waals surface area contributed by atoms with E-state index in [4.69, 9.17) is 5.73 Å². The average molecular weight is 280 g/mol. The summed E-state index contributed by atoms with van der Waals surface area (Å²) in [5.41, 5.74) is 7.07. The third-order valence-corrected chi connectivity index (χ3v) is 3.34. The zero-order chi connectivity index (χ0) is 13.8. The highest BCUT2D eigenvalue weighted by molar-refractivity contribution is 7.07. The molecule has 1 aromatic carbocycles. The van der Waals surface area contributed by atoms with E-state index in [1.807, 2.05) is 16.8 Å². The Labute approximate surface area is 114 Å². The lowest BCUT2D eigenvalue weighted by atomic mass is 10.1. The van der Waals surface area contributed by atoms with Crippen molar-refractivity contribution in [1.82, 2.24) is 0 Å². The minimum absolute atomic E-state index is 0.0606. The lowest BCUT2D eigenvalue weighted by Gasteiger charge is -2.10. The molecule has 0 atom stereocenters. The van der Waals surface area contributed by atoms with E-state index in [-0.39, 0.29) is 16.9 Å². The average Bonchev–Trinajstić information content (AvgIpc) is 2.90. The van der Waals surface area contributed by atoms with Crippen LogP contribution in [0.3, 0.4) is 0 Å². The lowest BCUT2D eigenvalue weighted by molar-refractivity contribution is 0.0602. The molecular formula is C13H13FN2O2S. The Morgan fingerprint density at radius 2 is 2.32 bits per heavy atom. The summed E-state index contributed by atoms with van der Waals surface area (Å²) < 4.78 is 18.3. The van der Waals surface area contributed by atoms with Crippen molar-refractivity contribution in [1.29, 1.82) is 0 Å². The van der Waals surface area contributed by atoms with Crippen LogP contribution >= 0.6 is 11.3 Å². The number of halogens is 1. The normalized spacial score (nSPS) is 10.2. The number of esters is 1. The van der Waals surface area contributed by atoms with Gasteiger partial charge in [-0.05, 0) is 34.5 Å². The molecule has 19 heavy (non-hydrogen) atoms. The summed E-state index contributed by atoms with van der Waals surface area (Å²) in [6, 6.07) is 4.42. The summed E-state index contributed by atoms with van der Waals surface area (Å²) in [4.78, 5) is 11.5. The van der Waals surface area contributed by atoms with Crippen LogP contribution in [0.2, 0.25) is 0 Å². The standard InChI is InChI=1S/C13H13FN2O2S/c1-18-13(17)9-4-12(10(14)5-11(9)15)16-6-8-2-3-19-7-8/h2-5,7,16H,6,15H2,1H3. The summed E-state index contributed by atoms with van der Waals surface area (Å²) in [5.74, 6) is -1.09. The molecule has 0 aliphatic carbocycles. The molecule has 0 amide bonds. The molecule has 0 unspecified atom stereocenters. The number of rotatable bonds is 4. The first-order valence-electron chi connectivity index (χ1n) is 5.54. The maximum atomic E-state index is 13.7. The first kappa shape index (κ1) is 13.4. The van der Waals surface area contributed by atoms with Gasteiger partial charge in [0.05, 0.1) is 18.4 Å². The molecule has 0 radical (unpaired) electrons. The van der Waals surface area contributed by atoms with E-state index in [0.29, 0.717) is 6.54 Å². The third-order valence-electron chi connectivity index (χ3n) is 2.61. The second kappa shape index (κ2) is 5.71. The van der Waals surface area contributed by atoms with Gasteiger partial charge in [-0.3, -0.25) is 0 Å². The Bertz CT molecular complexity index is 585. The molecule has 0 fully saturated rings. The Kier molecular flexibility index (Phi) is 4.01. The van der Waals surface area contributed by atoms with Crippen molar-refractivity contribution >= 4 is 28.7 Å². The van der Waals surface area contributed by atoms with Gasteiger partial charge in [0.2, 0.25) is 0 Å². The van der Waals surface area contributed by atoms with Gasteiger partial charge < -0.3 is 15.8 Å². The molecule has 0 spiro atoms. The van der Waals surface area contributed by atoms with Gasteiger partial charge in [0.1, 0.15) is 5.82 Å². The molecule has 4 nitrogen and oxygen atoms in total. The Morgan fingerprint density at radius 1 is 1.53 bits per heavy atom. The van der Waals surface area contributed by atoms with Crippen LogP contribution in [0.5, 0.6) is 0 Å². The Hall–Kier alpha value is -2.08. The van der Waals surface area contributed by atoms with E-state index in [9.17, 15) is 9.18 Å². The van der Waals surface area contributed by atoms with Crippen LogP contribution in [0.25, 0.3) is 0 Å². The van der Waals surface area contributed by atoms with Gasteiger partial charge in [-0.25, -0.2) is 9.18 Å². The van der Waals surface area contributed by atoms with Crippen LogP contribution in [-0.4, -0.2) is 13.1 Å². The smallest absolute Gasteiger partial charge is 0.340 e. The molecule has 0 aliphatic rings. The molecule has 6 heteroatoms. The van der Waals surface area contributed by atoms with Gasteiger partial charge in [-0.1, -0.05) is 0 Å². The predicted molar refractivity (Wildman–Crippen MR) is 73.8 cm³/mol. The summed E-state index contributed by atoms with van der Waals surface area (Å²) in [6.07, 6.45) is 0. The van der Waals surface area contributed by atoms with Crippen molar-refractivity contribution in [2.24, 2.45) is 0 Å². The number of carbonyl (C=O) groups excluding carboxylic acids is 1. The molecule has 1 aromatic heterocycles. The number of nitrogens with two attached hydrogens (primary N) is 1. The highest BCUT2D eigenvalue weighted by Gasteiger charge is 2.14. The molecule has 0 bridgehead atoms. The van der Waals surface area contributed by atoms with E-state index < -0.39 is 11.8 Å². The van der Waals surface area contributed by atoms with E-state index in [2.05, 4.69) is 10.1 Å². The minimum Gasteiger partial charge on any atom is -0.465 e. The number of anilines is 2. The highest BCUT2D eigenvalue weighted by Crippen LogP contribution is 2.23. The Balaban J connectivity index is 2.22. The molecule has 2 rings (SSSR count). The number of hydrogen-bond acceptors (Lipinski definition) is 5. The first-order chi connectivity index (χ1) is 9.11. The topological polar surface area (TPSA) is 64.3 Å². The second-order valence-corrected chi connectivity index (χ2v) is 4.68. The predicted octanol–water partition coefficient (Wildman–Crippen LogP) is 2.87. The number of methoxy groups -OCH3 is 1. The van der Waals surface area contributed by atoms with Crippen LogP contribution in [0.4, 0.5) is 15.8 Å². The first-order valence-corrected chi connectivity index (χ1v) is 6.48. The number of thiophene rings is 1. The number of nitrogen functional groups attached to an aromatic ring is 1. The SMILES string of the molecule is COC(=O)c1cc(NCc2ccsc2)c(F)cc1N. The number of hydrogen-bond donors (Lipinski definition) is 2. The van der Waals surface area contributed by atoms with Crippen molar-refractivity contribution in [3.8, 4) is 0 Å². The maximum absolute atomic E-state index is 13.7. The summed E-state index contributed by atoms with van der Waals surface area (Å²) in [6.45, 7) is 0.477. The summed E-state index contributed by atoms with van der Waals surface area (Å²) in [7, 11) is 1.25. The summed E-state index contributed by atoms with van der Waals surface area (Å²) in [5, 5.41) is 6.83. The largest absolute Gasteiger partial charge is 0.465 e. The van der Waals surface area contributed by atoms with E-state index >= 15 is 0 Å². The zero-order valence-corrected chi connectivity index (χ0v) is 11.1. The Morgan fingerprint density at radius 3 is 2.95 bits per heavy atom. The van der Waals surface area contributed by atoms with Crippen LogP contribution in [-0.2, 0) is 11.3 Å². The van der Waals surface area contributed by atoms with Crippen molar-refractivity contribution in [3.05, 3.63) is 45.9 Å². The van der Waals surface area contributed by atoms with Crippen molar-refractivity contribution in [3.63, 3.8) is 0 Å². The van der Waals surface area contributed by atoms with Gasteiger partial charge >= 0.3 is 5.97 Å². The molecule has 2 aromatic rings. The van der Waals surface area contributed by atoms with Gasteiger partial charge in [0, 0.05) is 12.2 Å². The number of ether oxygens (including phenoxy) is 1. The van der Waals surface area contributed by atoms with Crippen molar-refractivity contribution < 1.29 is 13.9 Å². The van der Waals surface area contributed by atoms with Gasteiger partial charge in [0.25, 0.3) is 0 Å². The second-order valence-electron chi connectivity index (χ2n) is 3.90. The fourth-order valence-electron chi connectivity index (χ4n) is 1.60. The molecule has 0 aliphatic heterocycles. The molecule has 100 valence electrons. The lowest BCUT2D eigenvalue weighted by Crippen LogP contribution is -2.09. The fourth-order valence-corrected chi connectivity index (χ4v) is 2.27. The third kappa shape index (κ3) is 3.03. The van der Waals surface area contributed by atoms with Crippen molar-refractivity contribution in [2.45, 2.75) is 6.54 Å². The zero-order valence-electron chi connectivity index (χ0n) is 10.3. The van der Waals surface area contributed by atoms with E-state index in [1.54, 1.807) is 11.3 Å². The number of carbonyl (C=O) groups is 1. The van der Waals surface area contributed by atoms with Crippen molar-refractivity contribution in [2.75, 3.05) is 18.2 Å². The van der Waals surface area contributed by atoms with E-state index in [1.165, 1.54) is 13.2 Å². The van der Waals surface area contributed by atoms with Gasteiger partial charge in [-0.2, -0.15) is 11.3 Å². The maximum Gasteiger partial charge on any atom is 0.340 e. The number of nitrogens with one attached hydrogen (secondary N) is 1. The molecular weight excluding hydrogens is 267 g/mol. The van der Waals surface area contributed by atoms with Gasteiger partial charge in [-0.15, -0.1) is 0 Å². The van der Waals surface area contributed by atoms with Crippen LogP contribution in [0.1, 0.15) is 15.9 Å². The fraction of sp³-hybridized carbons (Fsp3) is 0.154. The van der Waals surface area contributed by atoms with Gasteiger partial charge in [0.15, 0.2) is 0 Å². The minimum atomic E-state index is -0.587. The molecule has 0 saturated heterocycles. The molecule has 0 saturated carbocycles. The van der Waals surface area contributed by atoms with Crippen LogP contribution in [0, 0.1) is 5.82 Å². The van der Waals surface area contributed by atoms with E-state index in [0.717, 1.165) is 11.6 Å². The quantitative estimate of drug-likeness (QED) is 0.667. The molecule has 1 heterocycles. The van der Waals surface area contributed by atoms with Crippen LogP contribution < -0.4 is 11.1 Å². The number of benzene rings is 1. The highest BCUT2D eigenvalue weighted by atomic mass is 32.1. The van der Waals surface area contributed by atoms with Crippen LogP contribution in [0.15, 0.2) is 29.0 Å². The molecule has 3 N–H and O–H groups in total.